The second kappa shape index (κ2) is 7.24. The molecule has 2 aromatic rings. The first-order valence-electron chi connectivity index (χ1n) is 9.58. The van der Waals surface area contributed by atoms with Crippen molar-refractivity contribution in [1.82, 2.24) is 10.3 Å². The molecule has 1 amide bonds. The molecule has 2 fully saturated rings. The molecule has 4 atom stereocenters. The van der Waals surface area contributed by atoms with Crippen molar-refractivity contribution in [2.24, 2.45) is 17.8 Å². The second-order valence-electron chi connectivity index (χ2n) is 7.61. The van der Waals surface area contributed by atoms with E-state index in [9.17, 15) is 14.7 Å². The van der Waals surface area contributed by atoms with E-state index < -0.39 is 6.10 Å². The number of aliphatic hydroxyl groups excluding tert-OH is 1. The summed E-state index contributed by atoms with van der Waals surface area (Å²) in [4.78, 5) is 29.3. The number of rotatable bonds is 6. The van der Waals surface area contributed by atoms with Crippen LogP contribution in [-0.4, -0.2) is 28.8 Å². The minimum Gasteiger partial charge on any atom is -0.382 e. The summed E-state index contributed by atoms with van der Waals surface area (Å²) in [6.45, 7) is 0. The lowest BCUT2D eigenvalue weighted by molar-refractivity contribution is 0.0957. The van der Waals surface area contributed by atoms with Crippen LogP contribution in [0.4, 0.5) is 0 Å². The highest BCUT2D eigenvalue weighted by atomic mass is 16.3. The molecule has 2 aliphatic rings. The maximum Gasteiger partial charge on any atom is 0.269 e. The smallest absolute Gasteiger partial charge is 0.269 e. The number of Topliss-reactive ketones (excluding diaryl/α,β-unsaturated/α-hetero) is 1. The van der Waals surface area contributed by atoms with Crippen molar-refractivity contribution in [3.05, 3.63) is 65.0 Å². The Morgan fingerprint density at radius 3 is 2.56 bits per heavy atom. The Morgan fingerprint density at radius 2 is 1.89 bits per heavy atom. The molecule has 0 saturated heterocycles. The van der Waals surface area contributed by atoms with E-state index in [4.69, 9.17) is 0 Å². The minimum absolute atomic E-state index is 0.0310. The van der Waals surface area contributed by atoms with Gasteiger partial charge >= 0.3 is 0 Å². The quantitative estimate of drug-likeness (QED) is 0.772. The third-order valence-electron chi connectivity index (χ3n) is 6.03. The molecule has 1 heterocycles. The number of hydrogen-bond donors (Lipinski definition) is 2. The van der Waals surface area contributed by atoms with Crippen molar-refractivity contribution >= 4 is 11.7 Å². The molecular weight excluding hydrogens is 340 g/mol. The van der Waals surface area contributed by atoms with Gasteiger partial charge in [-0.05, 0) is 48.3 Å². The van der Waals surface area contributed by atoms with Gasteiger partial charge < -0.3 is 10.4 Å². The Bertz CT molecular complexity index is 855. The number of aromatic nitrogens is 1. The summed E-state index contributed by atoms with van der Waals surface area (Å²) >= 11 is 0. The summed E-state index contributed by atoms with van der Waals surface area (Å²) in [5, 5.41) is 13.2. The summed E-state index contributed by atoms with van der Waals surface area (Å²) in [5.41, 5.74) is 1.61. The summed E-state index contributed by atoms with van der Waals surface area (Å²) in [5.74, 6) is 1.58. The zero-order valence-corrected chi connectivity index (χ0v) is 15.4. The fourth-order valence-electron chi connectivity index (χ4n) is 4.51. The topological polar surface area (TPSA) is 79.3 Å². The Hall–Kier alpha value is -2.53. The van der Waals surface area contributed by atoms with Crippen LogP contribution in [0.1, 0.15) is 63.9 Å². The average molecular weight is 364 g/mol. The molecule has 0 radical (unpaired) electrons. The van der Waals surface area contributed by atoms with Gasteiger partial charge in [0, 0.05) is 19.0 Å². The SMILES string of the molecule is CNC(=O)c1cc(C(=O)CC2[C@H]3CCC[C@@H]23)cc([C@@H](O)c2ccccc2)n1. The highest BCUT2D eigenvalue weighted by Crippen LogP contribution is 2.59. The van der Waals surface area contributed by atoms with Gasteiger partial charge in [0.1, 0.15) is 11.8 Å². The molecule has 2 N–H and O–H groups in total. The Balaban J connectivity index is 1.62. The van der Waals surface area contributed by atoms with Gasteiger partial charge in [-0.1, -0.05) is 36.8 Å². The average Bonchev–Trinajstić information content (AvgIpc) is 3.13. The van der Waals surface area contributed by atoms with Crippen molar-refractivity contribution in [3.63, 3.8) is 0 Å². The zero-order chi connectivity index (χ0) is 19.0. The fraction of sp³-hybridized carbons (Fsp3) is 0.409. The monoisotopic (exact) mass is 364 g/mol. The minimum atomic E-state index is -0.984. The molecule has 5 nitrogen and oxygen atoms in total. The number of hydrogen-bond acceptors (Lipinski definition) is 4. The van der Waals surface area contributed by atoms with Crippen LogP contribution in [0.15, 0.2) is 42.5 Å². The van der Waals surface area contributed by atoms with Crippen molar-refractivity contribution in [3.8, 4) is 0 Å². The number of carbonyl (C=O) groups excluding carboxylic acids is 2. The van der Waals surface area contributed by atoms with Gasteiger partial charge in [-0.25, -0.2) is 4.98 Å². The molecule has 2 saturated carbocycles. The number of amides is 1. The van der Waals surface area contributed by atoms with Gasteiger partial charge in [0.05, 0.1) is 5.69 Å². The summed E-state index contributed by atoms with van der Waals surface area (Å²) in [6, 6.07) is 12.3. The molecule has 0 bridgehead atoms. The van der Waals surface area contributed by atoms with Crippen LogP contribution in [0.3, 0.4) is 0 Å². The van der Waals surface area contributed by atoms with E-state index in [-0.39, 0.29) is 17.4 Å². The lowest BCUT2D eigenvalue weighted by atomic mass is 9.98. The first-order chi connectivity index (χ1) is 13.1. The van der Waals surface area contributed by atoms with Crippen LogP contribution < -0.4 is 5.32 Å². The summed E-state index contributed by atoms with van der Waals surface area (Å²) in [6.07, 6.45) is 3.29. The van der Waals surface area contributed by atoms with Crippen molar-refractivity contribution in [2.75, 3.05) is 7.05 Å². The maximum atomic E-state index is 12.9. The van der Waals surface area contributed by atoms with Crippen LogP contribution in [0.2, 0.25) is 0 Å². The molecule has 2 aliphatic carbocycles. The molecule has 1 aromatic heterocycles. The number of fused-ring (bicyclic) bond motifs is 1. The molecule has 0 spiro atoms. The predicted molar refractivity (Wildman–Crippen MR) is 101 cm³/mol. The van der Waals surface area contributed by atoms with E-state index in [0.717, 1.165) is 0 Å². The van der Waals surface area contributed by atoms with E-state index in [1.165, 1.54) is 26.3 Å². The van der Waals surface area contributed by atoms with Gasteiger partial charge in [0.15, 0.2) is 5.78 Å². The van der Waals surface area contributed by atoms with Crippen molar-refractivity contribution in [2.45, 2.75) is 31.8 Å². The number of nitrogens with one attached hydrogen (secondary N) is 1. The van der Waals surface area contributed by atoms with Gasteiger partial charge in [0.2, 0.25) is 0 Å². The Kier molecular flexibility index (Phi) is 4.79. The van der Waals surface area contributed by atoms with E-state index in [1.807, 2.05) is 18.2 Å². The van der Waals surface area contributed by atoms with E-state index in [0.29, 0.717) is 41.0 Å². The van der Waals surface area contributed by atoms with E-state index in [2.05, 4.69) is 10.3 Å². The summed E-state index contributed by atoms with van der Waals surface area (Å²) < 4.78 is 0. The number of pyridine rings is 1. The summed E-state index contributed by atoms with van der Waals surface area (Å²) in [7, 11) is 1.52. The molecule has 1 aromatic carbocycles. The normalized spacial score (nSPS) is 24.1. The number of nitrogens with zero attached hydrogens (tertiary/aromatic N) is 1. The van der Waals surface area contributed by atoms with E-state index in [1.54, 1.807) is 24.3 Å². The van der Waals surface area contributed by atoms with Gasteiger partial charge in [-0.2, -0.15) is 0 Å². The third kappa shape index (κ3) is 3.52. The first kappa shape index (κ1) is 17.9. The standard InChI is InChI=1S/C22H24N2O3/c1-23-22(27)19-11-14(20(25)12-17-15-8-5-9-16(15)17)10-18(24-19)21(26)13-6-3-2-4-7-13/h2-4,6-7,10-11,15-17,21,26H,5,8-9,12H2,1H3,(H,23,27)/t15-,16+,17?,21-/m0/s1. The Morgan fingerprint density at radius 1 is 1.19 bits per heavy atom. The van der Waals surface area contributed by atoms with Crippen LogP contribution in [0.5, 0.6) is 0 Å². The van der Waals surface area contributed by atoms with Crippen LogP contribution in [0, 0.1) is 17.8 Å². The van der Waals surface area contributed by atoms with Gasteiger partial charge in [-0.3, -0.25) is 9.59 Å². The molecule has 140 valence electrons. The number of benzene rings is 1. The van der Waals surface area contributed by atoms with Crippen LogP contribution in [0.25, 0.3) is 0 Å². The molecule has 1 unspecified atom stereocenters. The van der Waals surface area contributed by atoms with E-state index >= 15 is 0 Å². The van der Waals surface area contributed by atoms with Crippen molar-refractivity contribution in [1.29, 1.82) is 0 Å². The lowest BCUT2D eigenvalue weighted by Crippen LogP contribution is -2.21. The number of carbonyl (C=O) groups is 2. The predicted octanol–water partition coefficient (Wildman–Crippen LogP) is 3.14. The molecular formula is C22H24N2O3. The number of ketones is 1. The van der Waals surface area contributed by atoms with Gasteiger partial charge in [-0.15, -0.1) is 0 Å². The molecule has 27 heavy (non-hydrogen) atoms. The van der Waals surface area contributed by atoms with Crippen LogP contribution >= 0.6 is 0 Å². The number of aliphatic hydroxyl groups is 1. The fourth-order valence-corrected chi connectivity index (χ4v) is 4.51. The zero-order valence-electron chi connectivity index (χ0n) is 15.4. The molecule has 0 aliphatic heterocycles. The highest BCUT2D eigenvalue weighted by Gasteiger charge is 2.52. The highest BCUT2D eigenvalue weighted by molar-refractivity contribution is 6.00. The Labute approximate surface area is 158 Å². The molecule has 4 rings (SSSR count). The third-order valence-corrected chi connectivity index (χ3v) is 6.03. The lowest BCUT2D eigenvalue weighted by Gasteiger charge is -2.14. The first-order valence-corrected chi connectivity index (χ1v) is 9.58. The largest absolute Gasteiger partial charge is 0.382 e. The van der Waals surface area contributed by atoms with Crippen molar-refractivity contribution < 1.29 is 14.7 Å². The van der Waals surface area contributed by atoms with Crippen LogP contribution in [-0.2, 0) is 0 Å². The maximum absolute atomic E-state index is 12.9. The molecule has 5 heteroatoms. The van der Waals surface area contributed by atoms with Gasteiger partial charge in [0.25, 0.3) is 5.91 Å². The second-order valence-corrected chi connectivity index (χ2v) is 7.61.